The van der Waals surface area contributed by atoms with Gasteiger partial charge in [-0.15, -0.1) is 0 Å². The van der Waals surface area contributed by atoms with E-state index in [1.807, 2.05) is 0 Å². The summed E-state index contributed by atoms with van der Waals surface area (Å²) in [6, 6.07) is 6.84. The molecule has 108 valence electrons. The fourth-order valence-corrected chi connectivity index (χ4v) is 1.63. The van der Waals surface area contributed by atoms with Crippen molar-refractivity contribution in [3.05, 3.63) is 47.7 Å². The molecular weight excluding hydrogens is 276 g/mol. The highest BCUT2D eigenvalue weighted by Crippen LogP contribution is 2.22. The maximum absolute atomic E-state index is 12.0. The SMILES string of the molecule is COc1ccc(C(=O)Nc2ccc(C(=O)O)c(O)c2)cn1. The van der Waals surface area contributed by atoms with Crippen molar-refractivity contribution in [2.75, 3.05) is 12.4 Å². The summed E-state index contributed by atoms with van der Waals surface area (Å²) in [6.07, 6.45) is 1.35. The molecule has 7 nitrogen and oxygen atoms in total. The molecule has 1 aromatic heterocycles. The third-order valence-corrected chi connectivity index (χ3v) is 2.69. The molecule has 7 heteroatoms. The van der Waals surface area contributed by atoms with Crippen molar-refractivity contribution in [3.8, 4) is 11.6 Å². The number of hydrogen-bond acceptors (Lipinski definition) is 5. The van der Waals surface area contributed by atoms with Crippen molar-refractivity contribution in [1.82, 2.24) is 4.98 Å². The molecule has 0 radical (unpaired) electrons. The van der Waals surface area contributed by atoms with Gasteiger partial charge in [0.1, 0.15) is 11.3 Å². The van der Waals surface area contributed by atoms with E-state index in [1.54, 1.807) is 6.07 Å². The molecule has 21 heavy (non-hydrogen) atoms. The fraction of sp³-hybridized carbons (Fsp3) is 0.0714. The number of pyridine rings is 1. The number of anilines is 1. The number of carbonyl (C=O) groups excluding carboxylic acids is 1. The zero-order chi connectivity index (χ0) is 15.4. The molecule has 0 saturated heterocycles. The number of nitrogens with one attached hydrogen (secondary N) is 1. The van der Waals surface area contributed by atoms with Gasteiger partial charge in [-0.25, -0.2) is 9.78 Å². The molecule has 1 aromatic carbocycles. The van der Waals surface area contributed by atoms with E-state index >= 15 is 0 Å². The summed E-state index contributed by atoms with van der Waals surface area (Å²) in [6.45, 7) is 0. The van der Waals surface area contributed by atoms with E-state index in [1.165, 1.54) is 31.5 Å². The number of aromatic carboxylic acids is 1. The topological polar surface area (TPSA) is 109 Å². The molecule has 0 saturated carbocycles. The van der Waals surface area contributed by atoms with Gasteiger partial charge in [0.2, 0.25) is 5.88 Å². The Hall–Kier alpha value is -3.09. The second kappa shape index (κ2) is 5.91. The number of carboxylic acids is 1. The number of methoxy groups -OCH3 is 1. The van der Waals surface area contributed by atoms with Crippen molar-refractivity contribution >= 4 is 17.6 Å². The minimum Gasteiger partial charge on any atom is -0.507 e. The molecule has 0 aliphatic rings. The summed E-state index contributed by atoms with van der Waals surface area (Å²) in [7, 11) is 1.47. The van der Waals surface area contributed by atoms with E-state index in [0.717, 1.165) is 6.07 Å². The van der Waals surface area contributed by atoms with E-state index in [9.17, 15) is 14.7 Å². The van der Waals surface area contributed by atoms with Crippen LogP contribution >= 0.6 is 0 Å². The third kappa shape index (κ3) is 3.27. The lowest BCUT2D eigenvalue weighted by Gasteiger charge is -2.07. The van der Waals surface area contributed by atoms with E-state index < -0.39 is 17.6 Å². The summed E-state index contributed by atoms with van der Waals surface area (Å²) in [5.74, 6) is -1.72. The molecule has 2 aromatic rings. The second-order valence-corrected chi connectivity index (χ2v) is 4.08. The van der Waals surface area contributed by atoms with Crippen molar-refractivity contribution in [2.24, 2.45) is 0 Å². The van der Waals surface area contributed by atoms with Gasteiger partial charge >= 0.3 is 5.97 Å². The molecule has 1 amide bonds. The Bertz CT molecular complexity index is 682. The third-order valence-electron chi connectivity index (χ3n) is 2.69. The Labute approximate surface area is 119 Å². The number of carbonyl (C=O) groups is 2. The quantitative estimate of drug-likeness (QED) is 0.790. The highest BCUT2D eigenvalue weighted by Gasteiger charge is 2.12. The van der Waals surface area contributed by atoms with Crippen LogP contribution in [0.15, 0.2) is 36.5 Å². The number of carboxylic acid groups (broad SMARTS) is 1. The van der Waals surface area contributed by atoms with Gasteiger partial charge in [0.25, 0.3) is 5.91 Å². The van der Waals surface area contributed by atoms with Crippen molar-refractivity contribution in [1.29, 1.82) is 0 Å². The van der Waals surface area contributed by atoms with Crippen LogP contribution in [0.25, 0.3) is 0 Å². The first-order chi connectivity index (χ1) is 10.0. The average Bonchev–Trinajstić information content (AvgIpc) is 2.47. The van der Waals surface area contributed by atoms with Gasteiger partial charge in [0, 0.05) is 24.0 Å². The van der Waals surface area contributed by atoms with Gasteiger partial charge < -0.3 is 20.3 Å². The van der Waals surface area contributed by atoms with E-state index in [4.69, 9.17) is 9.84 Å². The first kappa shape index (κ1) is 14.3. The Morgan fingerprint density at radius 3 is 2.52 bits per heavy atom. The Morgan fingerprint density at radius 2 is 2.00 bits per heavy atom. The summed E-state index contributed by atoms with van der Waals surface area (Å²) < 4.78 is 4.89. The van der Waals surface area contributed by atoms with Crippen LogP contribution in [0.2, 0.25) is 0 Å². The van der Waals surface area contributed by atoms with Crippen molar-refractivity contribution < 1.29 is 24.5 Å². The minimum atomic E-state index is -1.25. The van der Waals surface area contributed by atoms with Crippen LogP contribution < -0.4 is 10.1 Å². The van der Waals surface area contributed by atoms with Crippen LogP contribution in [0.5, 0.6) is 11.6 Å². The van der Waals surface area contributed by atoms with Crippen molar-refractivity contribution in [2.45, 2.75) is 0 Å². The average molecular weight is 288 g/mol. The van der Waals surface area contributed by atoms with Crippen LogP contribution in [0.3, 0.4) is 0 Å². The maximum Gasteiger partial charge on any atom is 0.339 e. The summed E-state index contributed by atoms with van der Waals surface area (Å²) in [5.41, 5.74) is 0.343. The number of phenols is 1. The zero-order valence-corrected chi connectivity index (χ0v) is 11.0. The van der Waals surface area contributed by atoms with E-state index in [-0.39, 0.29) is 11.3 Å². The number of amides is 1. The maximum atomic E-state index is 12.0. The second-order valence-electron chi connectivity index (χ2n) is 4.08. The number of nitrogens with zero attached hydrogens (tertiary/aromatic N) is 1. The Morgan fingerprint density at radius 1 is 1.24 bits per heavy atom. The number of aromatic nitrogens is 1. The lowest BCUT2D eigenvalue weighted by molar-refractivity contribution is 0.0693. The summed E-state index contributed by atoms with van der Waals surface area (Å²) in [5, 5.41) is 20.9. The lowest BCUT2D eigenvalue weighted by atomic mass is 10.1. The highest BCUT2D eigenvalue weighted by atomic mass is 16.5. The molecule has 3 N–H and O–H groups in total. The summed E-state index contributed by atoms with van der Waals surface area (Å²) in [4.78, 5) is 26.6. The number of hydrogen-bond donors (Lipinski definition) is 3. The lowest BCUT2D eigenvalue weighted by Crippen LogP contribution is -2.12. The zero-order valence-electron chi connectivity index (χ0n) is 11.0. The number of rotatable bonds is 4. The molecule has 2 rings (SSSR count). The first-order valence-electron chi connectivity index (χ1n) is 5.89. The molecule has 0 unspecified atom stereocenters. The molecule has 0 fully saturated rings. The van der Waals surface area contributed by atoms with Crippen molar-refractivity contribution in [3.63, 3.8) is 0 Å². The van der Waals surface area contributed by atoms with Gasteiger partial charge in [-0.3, -0.25) is 4.79 Å². The number of aromatic hydroxyl groups is 1. The smallest absolute Gasteiger partial charge is 0.339 e. The Balaban J connectivity index is 2.15. The monoisotopic (exact) mass is 288 g/mol. The Kier molecular flexibility index (Phi) is 4.03. The molecular formula is C14H12N2O5. The number of ether oxygens (including phenoxy) is 1. The number of benzene rings is 1. The van der Waals surface area contributed by atoms with E-state index in [0.29, 0.717) is 11.4 Å². The van der Waals surface area contributed by atoms with Gasteiger partial charge in [-0.05, 0) is 18.2 Å². The highest BCUT2D eigenvalue weighted by molar-refractivity contribution is 6.04. The van der Waals surface area contributed by atoms with Gasteiger partial charge in [-0.2, -0.15) is 0 Å². The van der Waals surface area contributed by atoms with Crippen LogP contribution in [-0.2, 0) is 0 Å². The summed E-state index contributed by atoms with van der Waals surface area (Å²) >= 11 is 0. The van der Waals surface area contributed by atoms with Crippen LogP contribution in [0.1, 0.15) is 20.7 Å². The molecule has 0 aliphatic carbocycles. The predicted molar refractivity (Wildman–Crippen MR) is 73.8 cm³/mol. The standard InChI is InChI=1S/C14H12N2O5/c1-21-12-5-2-8(7-15-12)13(18)16-9-3-4-10(14(19)20)11(17)6-9/h2-7,17H,1H3,(H,16,18)(H,19,20). The first-order valence-corrected chi connectivity index (χ1v) is 5.89. The van der Waals surface area contributed by atoms with Gasteiger partial charge in [0.15, 0.2) is 0 Å². The largest absolute Gasteiger partial charge is 0.507 e. The molecule has 0 spiro atoms. The minimum absolute atomic E-state index is 0.237. The molecule has 0 atom stereocenters. The predicted octanol–water partition coefficient (Wildman–Crippen LogP) is 1.75. The molecule has 0 aliphatic heterocycles. The van der Waals surface area contributed by atoms with Gasteiger partial charge in [-0.1, -0.05) is 0 Å². The molecule has 1 heterocycles. The van der Waals surface area contributed by atoms with Crippen LogP contribution in [0.4, 0.5) is 5.69 Å². The van der Waals surface area contributed by atoms with Gasteiger partial charge in [0.05, 0.1) is 12.7 Å². The fourth-order valence-electron chi connectivity index (χ4n) is 1.63. The molecule has 0 bridgehead atoms. The van der Waals surface area contributed by atoms with Crippen LogP contribution in [-0.4, -0.2) is 34.2 Å². The van der Waals surface area contributed by atoms with E-state index in [2.05, 4.69) is 10.3 Å². The van der Waals surface area contributed by atoms with Crippen LogP contribution in [0, 0.1) is 0 Å². The normalized spacial score (nSPS) is 9.95.